The summed E-state index contributed by atoms with van der Waals surface area (Å²) in [6, 6.07) is 1.48. The van der Waals surface area contributed by atoms with Gasteiger partial charge >= 0.3 is 5.97 Å². The molecule has 0 spiro atoms. The van der Waals surface area contributed by atoms with Crippen LogP contribution in [-0.2, 0) is 16.9 Å². The molecule has 0 fully saturated rings. The first-order chi connectivity index (χ1) is 9.27. The number of aromatic nitrogens is 4. The van der Waals surface area contributed by atoms with Crippen LogP contribution in [0.3, 0.4) is 0 Å². The van der Waals surface area contributed by atoms with Crippen molar-refractivity contribution in [3.05, 3.63) is 23.1 Å². The largest absolute Gasteiger partial charge is 0.476 e. The molecule has 2 rings (SSSR count). The molecule has 0 aliphatic rings. The van der Waals surface area contributed by atoms with Gasteiger partial charge < -0.3 is 9.67 Å². The predicted molar refractivity (Wildman–Crippen MR) is 70.0 cm³/mol. The third kappa shape index (κ3) is 2.29. The predicted octanol–water partition coefficient (Wildman–Crippen LogP) is 0.751. The molecule has 0 aliphatic carbocycles. The summed E-state index contributed by atoms with van der Waals surface area (Å²) in [5.74, 6) is -1.59. The Morgan fingerprint density at radius 1 is 1.50 bits per heavy atom. The first-order valence-electron chi connectivity index (χ1n) is 5.52. The van der Waals surface area contributed by atoms with E-state index in [1.165, 1.54) is 35.5 Å². The number of sulfone groups is 1. The number of carboxylic acid groups (broad SMARTS) is 1. The average Bonchev–Trinajstić information content (AvgIpc) is 2.93. The summed E-state index contributed by atoms with van der Waals surface area (Å²) in [5, 5.41) is 12.8. The van der Waals surface area contributed by atoms with Gasteiger partial charge in [-0.05, 0) is 6.07 Å². The average molecular weight is 319 g/mol. The van der Waals surface area contributed by atoms with Gasteiger partial charge in [0.25, 0.3) is 0 Å². The zero-order chi connectivity index (χ0) is 15.1. The Kier molecular flexibility index (Phi) is 3.57. The van der Waals surface area contributed by atoms with Gasteiger partial charge in [-0.1, -0.05) is 18.5 Å². The molecular formula is C10H11ClN4O4S. The highest BCUT2D eigenvalue weighted by molar-refractivity contribution is 7.91. The van der Waals surface area contributed by atoms with E-state index in [1.807, 2.05) is 0 Å². The zero-order valence-corrected chi connectivity index (χ0v) is 12.2. The van der Waals surface area contributed by atoms with E-state index in [0.29, 0.717) is 0 Å². The Bertz CT molecular complexity index is 777. The number of aromatic carboxylic acids is 1. The zero-order valence-electron chi connectivity index (χ0n) is 10.6. The van der Waals surface area contributed by atoms with E-state index in [9.17, 15) is 13.2 Å². The van der Waals surface area contributed by atoms with Gasteiger partial charge in [0, 0.05) is 13.2 Å². The van der Waals surface area contributed by atoms with E-state index >= 15 is 0 Å². The summed E-state index contributed by atoms with van der Waals surface area (Å²) >= 11 is 5.69. The minimum absolute atomic E-state index is 0.0568. The van der Waals surface area contributed by atoms with Gasteiger partial charge in [0.1, 0.15) is 0 Å². The van der Waals surface area contributed by atoms with Crippen LogP contribution in [-0.4, -0.2) is 44.6 Å². The Balaban J connectivity index is 2.75. The van der Waals surface area contributed by atoms with Gasteiger partial charge in [-0.15, -0.1) is 0 Å². The van der Waals surface area contributed by atoms with Crippen molar-refractivity contribution in [2.24, 2.45) is 7.05 Å². The fraction of sp³-hybridized carbons (Fsp3) is 0.300. The van der Waals surface area contributed by atoms with Crippen molar-refractivity contribution >= 4 is 27.4 Å². The number of hydrogen-bond acceptors (Lipinski definition) is 5. The molecule has 0 amide bonds. The van der Waals surface area contributed by atoms with Crippen LogP contribution < -0.4 is 0 Å². The Morgan fingerprint density at radius 3 is 2.60 bits per heavy atom. The maximum Gasteiger partial charge on any atom is 0.357 e. The highest BCUT2D eigenvalue weighted by Crippen LogP contribution is 2.21. The molecule has 10 heteroatoms. The lowest BCUT2D eigenvalue weighted by Gasteiger charge is -2.05. The lowest BCUT2D eigenvalue weighted by Crippen LogP contribution is -2.14. The maximum absolute atomic E-state index is 12.0. The fourth-order valence-corrected chi connectivity index (χ4v) is 3.06. The topological polar surface area (TPSA) is 107 Å². The number of carbonyl (C=O) groups is 1. The molecule has 2 aromatic heterocycles. The van der Waals surface area contributed by atoms with E-state index in [0.717, 1.165) is 0 Å². The molecule has 0 saturated carbocycles. The van der Waals surface area contributed by atoms with Crippen LogP contribution in [0.25, 0.3) is 5.95 Å². The maximum atomic E-state index is 12.0. The number of halogens is 1. The van der Waals surface area contributed by atoms with E-state index in [-0.39, 0.29) is 21.9 Å². The van der Waals surface area contributed by atoms with Crippen LogP contribution in [0.2, 0.25) is 5.15 Å². The molecule has 0 unspecified atom stereocenters. The van der Waals surface area contributed by atoms with Gasteiger partial charge in [-0.2, -0.15) is 5.10 Å². The molecule has 0 aromatic carbocycles. The number of imidazole rings is 1. The summed E-state index contributed by atoms with van der Waals surface area (Å²) < 4.78 is 26.4. The second kappa shape index (κ2) is 4.91. The van der Waals surface area contributed by atoms with Crippen molar-refractivity contribution in [3.63, 3.8) is 0 Å². The van der Waals surface area contributed by atoms with E-state index in [2.05, 4.69) is 10.1 Å². The number of carboxylic acids is 1. The summed E-state index contributed by atoms with van der Waals surface area (Å²) in [6.07, 6.45) is 1.46. The van der Waals surface area contributed by atoms with E-state index in [4.69, 9.17) is 16.7 Å². The molecule has 1 N–H and O–H groups in total. The first kappa shape index (κ1) is 14.5. The number of hydrogen-bond donors (Lipinski definition) is 1. The quantitative estimate of drug-likeness (QED) is 0.891. The van der Waals surface area contributed by atoms with Crippen LogP contribution >= 0.6 is 11.6 Å². The van der Waals surface area contributed by atoms with Crippen molar-refractivity contribution < 1.29 is 18.3 Å². The molecule has 0 saturated heterocycles. The molecule has 0 radical (unpaired) electrons. The SMILES string of the molecule is CCS(=O)(=O)c1c(C(=O)O)nc(-n2ccc(Cl)n2)n1C. The Morgan fingerprint density at radius 2 is 2.15 bits per heavy atom. The Labute approximate surface area is 119 Å². The minimum atomic E-state index is -3.74. The van der Waals surface area contributed by atoms with Gasteiger partial charge in [-0.3, -0.25) is 0 Å². The van der Waals surface area contributed by atoms with E-state index < -0.39 is 21.5 Å². The standard InChI is InChI=1S/C10H11ClN4O4S/c1-3-20(18,19)8-7(9(16)17)12-10(14(8)2)15-5-4-6(11)13-15/h4-5H,3H2,1-2H3,(H,16,17). The van der Waals surface area contributed by atoms with Crippen LogP contribution in [0.4, 0.5) is 0 Å². The summed E-state index contributed by atoms with van der Waals surface area (Å²) in [6.45, 7) is 1.43. The van der Waals surface area contributed by atoms with Gasteiger partial charge in [0.15, 0.2) is 25.7 Å². The summed E-state index contributed by atoms with van der Waals surface area (Å²) in [4.78, 5) is 15.0. The molecule has 0 bridgehead atoms. The van der Waals surface area contributed by atoms with Crippen LogP contribution in [0, 0.1) is 0 Å². The second-order valence-corrected chi connectivity index (χ2v) is 6.50. The number of rotatable bonds is 4. The third-order valence-electron chi connectivity index (χ3n) is 2.66. The normalized spacial score (nSPS) is 11.8. The van der Waals surface area contributed by atoms with Crippen molar-refractivity contribution in [1.29, 1.82) is 0 Å². The molecule has 0 aliphatic heterocycles. The number of nitrogens with zero attached hydrogens (tertiary/aromatic N) is 4. The molecule has 8 nitrogen and oxygen atoms in total. The van der Waals surface area contributed by atoms with Crippen molar-refractivity contribution in [1.82, 2.24) is 19.3 Å². The lowest BCUT2D eigenvalue weighted by molar-refractivity contribution is 0.0686. The molecule has 0 atom stereocenters. The highest BCUT2D eigenvalue weighted by atomic mass is 35.5. The molecular weight excluding hydrogens is 308 g/mol. The van der Waals surface area contributed by atoms with Crippen molar-refractivity contribution in [2.75, 3.05) is 5.75 Å². The molecule has 108 valence electrons. The molecule has 2 aromatic rings. The van der Waals surface area contributed by atoms with Crippen molar-refractivity contribution in [2.45, 2.75) is 11.9 Å². The summed E-state index contributed by atoms with van der Waals surface area (Å²) in [5.41, 5.74) is -0.532. The highest BCUT2D eigenvalue weighted by Gasteiger charge is 2.29. The first-order valence-corrected chi connectivity index (χ1v) is 7.55. The molecule has 2 heterocycles. The second-order valence-electron chi connectivity index (χ2n) is 3.92. The van der Waals surface area contributed by atoms with Gasteiger partial charge in [0.05, 0.1) is 5.75 Å². The summed E-state index contributed by atoms with van der Waals surface area (Å²) in [7, 11) is -2.33. The fourth-order valence-electron chi connectivity index (χ4n) is 1.72. The van der Waals surface area contributed by atoms with Gasteiger partial charge in [0.2, 0.25) is 5.95 Å². The van der Waals surface area contributed by atoms with E-state index in [1.54, 1.807) is 0 Å². The molecule has 20 heavy (non-hydrogen) atoms. The van der Waals surface area contributed by atoms with Crippen LogP contribution in [0.15, 0.2) is 17.3 Å². The third-order valence-corrected chi connectivity index (χ3v) is 4.68. The smallest absolute Gasteiger partial charge is 0.357 e. The van der Waals surface area contributed by atoms with Gasteiger partial charge in [-0.25, -0.2) is 22.9 Å². The minimum Gasteiger partial charge on any atom is -0.476 e. The van der Waals surface area contributed by atoms with Crippen LogP contribution in [0.1, 0.15) is 17.4 Å². The lowest BCUT2D eigenvalue weighted by atomic mass is 10.5. The van der Waals surface area contributed by atoms with Crippen LogP contribution in [0.5, 0.6) is 0 Å². The van der Waals surface area contributed by atoms with Crippen molar-refractivity contribution in [3.8, 4) is 5.95 Å². The monoisotopic (exact) mass is 318 g/mol. The Hall–Kier alpha value is -1.87.